The van der Waals surface area contributed by atoms with Crippen molar-refractivity contribution in [2.24, 2.45) is 0 Å². The summed E-state index contributed by atoms with van der Waals surface area (Å²) in [6.45, 7) is 1.02. The van der Waals surface area contributed by atoms with Crippen molar-refractivity contribution in [3.8, 4) is 0 Å². The molecule has 0 aliphatic carbocycles. The summed E-state index contributed by atoms with van der Waals surface area (Å²) in [5.41, 5.74) is 0.500. The van der Waals surface area contributed by atoms with E-state index in [9.17, 15) is 18.8 Å². The van der Waals surface area contributed by atoms with Crippen LogP contribution in [0, 0.1) is 5.82 Å². The monoisotopic (exact) mass is 450 g/mol. The van der Waals surface area contributed by atoms with Crippen LogP contribution in [0.2, 0.25) is 5.02 Å². The van der Waals surface area contributed by atoms with E-state index in [0.717, 1.165) is 38.1 Å². The van der Waals surface area contributed by atoms with Gasteiger partial charge in [-0.05, 0) is 43.2 Å². The first-order valence-corrected chi connectivity index (χ1v) is 10.7. The van der Waals surface area contributed by atoms with Gasteiger partial charge in [-0.2, -0.15) is 0 Å². The molecule has 1 N–H and O–H groups in total. The van der Waals surface area contributed by atoms with Crippen LogP contribution in [0.25, 0.3) is 0 Å². The number of amides is 2. The van der Waals surface area contributed by atoms with Gasteiger partial charge in [0.1, 0.15) is 5.82 Å². The molecule has 0 unspecified atom stereocenters. The maximum atomic E-state index is 13.1. The van der Waals surface area contributed by atoms with Crippen molar-refractivity contribution in [1.82, 2.24) is 4.90 Å². The number of likely N-dealkylation sites (tertiary alicyclic amines) is 1. The number of carbonyl (C=O) groups excluding carboxylic acids is 3. The summed E-state index contributed by atoms with van der Waals surface area (Å²) in [6.07, 6.45) is 2.04. The average Bonchev–Trinajstić information content (AvgIpc) is 3.27. The summed E-state index contributed by atoms with van der Waals surface area (Å²) in [5.74, 6) is -1.54. The number of nitrogens with zero attached hydrogens (tertiary/aromatic N) is 1. The van der Waals surface area contributed by atoms with Crippen LogP contribution >= 0.6 is 23.4 Å². The standard InChI is InChI=1S/C21H20ClFN2O4S/c22-16-11-14(23)7-8-17(16)24-19(26)12-29-21(28)15-5-1-2-6-18(15)30-13-20(27)25-9-3-4-10-25/h1-2,5-8,11H,3-4,9-10,12-13H2,(H,24,26). The molecule has 30 heavy (non-hydrogen) atoms. The Hall–Kier alpha value is -2.58. The molecule has 1 heterocycles. The minimum Gasteiger partial charge on any atom is -0.452 e. The van der Waals surface area contributed by atoms with Crippen LogP contribution < -0.4 is 5.32 Å². The molecule has 1 aliphatic rings. The van der Waals surface area contributed by atoms with E-state index >= 15 is 0 Å². The maximum Gasteiger partial charge on any atom is 0.339 e. The van der Waals surface area contributed by atoms with E-state index in [2.05, 4.69) is 5.32 Å². The lowest BCUT2D eigenvalue weighted by atomic mass is 10.2. The van der Waals surface area contributed by atoms with Crippen LogP contribution in [-0.4, -0.2) is 48.1 Å². The van der Waals surface area contributed by atoms with Crippen LogP contribution in [-0.2, 0) is 14.3 Å². The number of hydrogen-bond acceptors (Lipinski definition) is 5. The SMILES string of the molecule is O=C(COC(=O)c1ccccc1SCC(=O)N1CCCC1)Nc1ccc(F)cc1Cl. The molecule has 2 amide bonds. The molecule has 0 atom stereocenters. The molecule has 2 aromatic carbocycles. The zero-order valence-corrected chi connectivity index (χ0v) is 17.6. The van der Waals surface area contributed by atoms with E-state index in [0.29, 0.717) is 4.90 Å². The van der Waals surface area contributed by atoms with Gasteiger partial charge in [0.25, 0.3) is 5.91 Å². The molecule has 1 saturated heterocycles. The fourth-order valence-electron chi connectivity index (χ4n) is 2.94. The highest BCUT2D eigenvalue weighted by Crippen LogP contribution is 2.25. The number of anilines is 1. The Labute approximate surface area is 182 Å². The van der Waals surface area contributed by atoms with Gasteiger partial charge in [-0.15, -0.1) is 11.8 Å². The Balaban J connectivity index is 1.54. The van der Waals surface area contributed by atoms with Crippen molar-refractivity contribution in [3.63, 3.8) is 0 Å². The Morgan fingerprint density at radius 3 is 2.60 bits per heavy atom. The molecule has 1 aliphatic heterocycles. The van der Waals surface area contributed by atoms with Gasteiger partial charge >= 0.3 is 5.97 Å². The fourth-order valence-corrected chi connectivity index (χ4v) is 4.10. The summed E-state index contributed by atoms with van der Waals surface area (Å²) < 4.78 is 18.2. The zero-order valence-electron chi connectivity index (χ0n) is 16.0. The molecule has 0 spiro atoms. The number of benzene rings is 2. The molecule has 0 aromatic heterocycles. The van der Waals surface area contributed by atoms with Crippen molar-refractivity contribution in [2.45, 2.75) is 17.7 Å². The summed E-state index contributed by atoms with van der Waals surface area (Å²) in [5, 5.41) is 2.50. The van der Waals surface area contributed by atoms with Gasteiger partial charge in [0, 0.05) is 18.0 Å². The summed E-state index contributed by atoms with van der Waals surface area (Å²) in [4.78, 5) is 39.1. The molecule has 9 heteroatoms. The molecule has 0 bridgehead atoms. The Bertz CT molecular complexity index is 950. The van der Waals surface area contributed by atoms with Crippen molar-refractivity contribution < 1.29 is 23.5 Å². The van der Waals surface area contributed by atoms with Crippen LogP contribution in [0.3, 0.4) is 0 Å². The molecule has 0 radical (unpaired) electrons. The molecule has 1 fully saturated rings. The lowest BCUT2D eigenvalue weighted by Crippen LogP contribution is -2.29. The van der Waals surface area contributed by atoms with Crippen LogP contribution in [0.4, 0.5) is 10.1 Å². The highest BCUT2D eigenvalue weighted by Gasteiger charge is 2.20. The van der Waals surface area contributed by atoms with Gasteiger partial charge < -0.3 is 15.0 Å². The topological polar surface area (TPSA) is 75.7 Å². The van der Waals surface area contributed by atoms with E-state index in [1.807, 2.05) is 4.90 Å². The maximum absolute atomic E-state index is 13.1. The summed E-state index contributed by atoms with van der Waals surface area (Å²) in [7, 11) is 0. The smallest absolute Gasteiger partial charge is 0.339 e. The highest BCUT2D eigenvalue weighted by molar-refractivity contribution is 8.00. The average molecular weight is 451 g/mol. The van der Waals surface area contributed by atoms with E-state index in [4.69, 9.17) is 16.3 Å². The quantitative estimate of drug-likeness (QED) is 0.510. The Morgan fingerprint density at radius 1 is 1.13 bits per heavy atom. The molecule has 3 rings (SSSR count). The van der Waals surface area contributed by atoms with Gasteiger partial charge in [0.05, 0.1) is 22.0 Å². The number of thioether (sulfide) groups is 1. The number of nitrogens with one attached hydrogen (secondary N) is 1. The van der Waals surface area contributed by atoms with Crippen LogP contribution in [0.15, 0.2) is 47.4 Å². The summed E-state index contributed by atoms with van der Waals surface area (Å²) >= 11 is 7.13. The first kappa shape index (κ1) is 22.1. The predicted octanol–water partition coefficient (Wildman–Crippen LogP) is 3.99. The third-order valence-corrected chi connectivity index (χ3v) is 5.83. The van der Waals surface area contributed by atoms with E-state index in [-0.39, 0.29) is 27.9 Å². The lowest BCUT2D eigenvalue weighted by Gasteiger charge is -2.15. The van der Waals surface area contributed by atoms with Gasteiger partial charge in [0.15, 0.2) is 6.61 Å². The van der Waals surface area contributed by atoms with Gasteiger partial charge in [-0.25, -0.2) is 9.18 Å². The normalized spacial score (nSPS) is 13.2. The minimum atomic E-state index is -0.674. The first-order valence-electron chi connectivity index (χ1n) is 9.35. The molecular formula is C21H20ClFN2O4S. The van der Waals surface area contributed by atoms with Gasteiger partial charge in [-0.1, -0.05) is 23.7 Å². The molecule has 6 nitrogen and oxygen atoms in total. The number of carbonyl (C=O) groups is 3. The predicted molar refractivity (Wildman–Crippen MR) is 113 cm³/mol. The van der Waals surface area contributed by atoms with Gasteiger partial charge in [0.2, 0.25) is 5.91 Å². The van der Waals surface area contributed by atoms with Crippen molar-refractivity contribution in [1.29, 1.82) is 0 Å². The van der Waals surface area contributed by atoms with Crippen molar-refractivity contribution in [3.05, 3.63) is 58.9 Å². The number of halogens is 2. The lowest BCUT2D eigenvalue weighted by molar-refractivity contribution is -0.127. The second-order valence-electron chi connectivity index (χ2n) is 6.62. The molecular weight excluding hydrogens is 431 g/mol. The van der Waals surface area contributed by atoms with E-state index in [1.165, 1.54) is 17.8 Å². The second-order valence-corrected chi connectivity index (χ2v) is 8.05. The fraction of sp³-hybridized carbons (Fsp3) is 0.286. The number of ether oxygens (including phenoxy) is 1. The Kier molecular flexibility index (Phi) is 7.70. The van der Waals surface area contributed by atoms with Crippen molar-refractivity contribution >= 4 is 46.8 Å². The number of rotatable bonds is 7. The third-order valence-electron chi connectivity index (χ3n) is 4.46. The van der Waals surface area contributed by atoms with Crippen molar-refractivity contribution in [2.75, 3.05) is 30.8 Å². The van der Waals surface area contributed by atoms with Gasteiger partial charge in [-0.3, -0.25) is 9.59 Å². The molecule has 2 aromatic rings. The van der Waals surface area contributed by atoms with E-state index in [1.54, 1.807) is 24.3 Å². The first-order chi connectivity index (χ1) is 14.4. The zero-order chi connectivity index (χ0) is 21.5. The Morgan fingerprint density at radius 2 is 1.87 bits per heavy atom. The molecule has 158 valence electrons. The van der Waals surface area contributed by atoms with Crippen LogP contribution in [0.5, 0.6) is 0 Å². The number of esters is 1. The molecule has 0 saturated carbocycles. The largest absolute Gasteiger partial charge is 0.452 e. The second kappa shape index (κ2) is 10.4. The highest BCUT2D eigenvalue weighted by atomic mass is 35.5. The summed E-state index contributed by atoms with van der Waals surface area (Å²) in [6, 6.07) is 10.3. The minimum absolute atomic E-state index is 0.0382. The number of hydrogen-bond donors (Lipinski definition) is 1. The van der Waals surface area contributed by atoms with Crippen LogP contribution in [0.1, 0.15) is 23.2 Å². The van der Waals surface area contributed by atoms with E-state index < -0.39 is 24.3 Å². The third kappa shape index (κ3) is 5.96.